The van der Waals surface area contributed by atoms with E-state index in [4.69, 9.17) is 5.73 Å². The molecule has 0 radical (unpaired) electrons. The van der Waals surface area contributed by atoms with Crippen LogP contribution in [0.4, 0.5) is 10.1 Å². The Bertz CT molecular complexity index is 717. The Balaban J connectivity index is 1.82. The van der Waals surface area contributed by atoms with Gasteiger partial charge in [-0.15, -0.1) is 0 Å². The molecule has 0 saturated heterocycles. The number of nitrogens with one attached hydrogen (secondary N) is 1. The second kappa shape index (κ2) is 5.48. The quantitative estimate of drug-likeness (QED) is 0.815. The monoisotopic (exact) mass is 348 g/mol. The molecule has 1 unspecified atom stereocenters. The number of aryl methyl sites for hydroxylation is 1. The van der Waals surface area contributed by atoms with Crippen LogP contribution >= 0.6 is 15.9 Å². The summed E-state index contributed by atoms with van der Waals surface area (Å²) >= 11 is 3.28. The van der Waals surface area contributed by atoms with Crippen LogP contribution in [0.3, 0.4) is 0 Å². The molecule has 21 heavy (non-hydrogen) atoms. The minimum atomic E-state index is -0.428. The van der Waals surface area contributed by atoms with Crippen LogP contribution in [-0.2, 0) is 6.42 Å². The molecule has 1 aliphatic carbocycles. The molecule has 2 aromatic rings. The number of halogens is 2. The van der Waals surface area contributed by atoms with Crippen molar-refractivity contribution in [3.8, 4) is 0 Å². The van der Waals surface area contributed by atoms with Gasteiger partial charge in [0.2, 0.25) is 0 Å². The highest BCUT2D eigenvalue weighted by atomic mass is 79.9. The van der Waals surface area contributed by atoms with Crippen LogP contribution in [0.15, 0.2) is 40.9 Å². The van der Waals surface area contributed by atoms with Gasteiger partial charge in [-0.2, -0.15) is 0 Å². The second-order valence-corrected chi connectivity index (χ2v) is 6.00. The van der Waals surface area contributed by atoms with Crippen molar-refractivity contribution in [2.24, 2.45) is 0 Å². The molecule has 5 heteroatoms. The number of nitrogens with two attached hydrogens (primary N) is 1. The lowest BCUT2D eigenvalue weighted by molar-refractivity contribution is 0.0935. The zero-order valence-electron chi connectivity index (χ0n) is 11.2. The minimum Gasteiger partial charge on any atom is -0.399 e. The number of rotatable bonds is 2. The van der Waals surface area contributed by atoms with Crippen molar-refractivity contribution < 1.29 is 9.18 Å². The van der Waals surface area contributed by atoms with Crippen molar-refractivity contribution in [3.63, 3.8) is 0 Å². The summed E-state index contributed by atoms with van der Waals surface area (Å²) in [5.41, 5.74) is 9.06. The van der Waals surface area contributed by atoms with Crippen molar-refractivity contribution in [1.82, 2.24) is 5.32 Å². The first-order valence-electron chi connectivity index (χ1n) is 6.69. The van der Waals surface area contributed by atoms with Gasteiger partial charge < -0.3 is 11.1 Å². The fourth-order valence-corrected chi connectivity index (χ4v) is 3.12. The second-order valence-electron chi connectivity index (χ2n) is 5.15. The maximum absolute atomic E-state index is 13.3. The van der Waals surface area contributed by atoms with E-state index < -0.39 is 5.82 Å². The van der Waals surface area contributed by atoms with E-state index in [1.807, 2.05) is 18.2 Å². The molecule has 0 aromatic heterocycles. The number of amides is 1. The molecule has 1 amide bonds. The fraction of sp³-hybridized carbons (Fsp3) is 0.188. The molecule has 3 rings (SSSR count). The Kier molecular flexibility index (Phi) is 3.68. The smallest absolute Gasteiger partial charge is 0.253 e. The third-order valence-corrected chi connectivity index (χ3v) is 4.41. The largest absolute Gasteiger partial charge is 0.399 e. The lowest BCUT2D eigenvalue weighted by atomic mass is 10.1. The molecule has 3 N–H and O–H groups in total. The first-order chi connectivity index (χ1) is 10.0. The van der Waals surface area contributed by atoms with E-state index in [2.05, 4.69) is 21.2 Å². The van der Waals surface area contributed by atoms with Crippen molar-refractivity contribution in [3.05, 3.63) is 63.4 Å². The van der Waals surface area contributed by atoms with Crippen molar-refractivity contribution in [2.75, 3.05) is 5.73 Å². The SMILES string of the molecule is Nc1ccc2c(c1)CCC2NC(=O)c1cc(F)ccc1Br. The lowest BCUT2D eigenvalue weighted by Crippen LogP contribution is -2.27. The number of hydrogen-bond acceptors (Lipinski definition) is 2. The Morgan fingerprint density at radius 3 is 2.90 bits per heavy atom. The van der Waals surface area contributed by atoms with E-state index in [-0.39, 0.29) is 11.9 Å². The lowest BCUT2D eigenvalue weighted by Gasteiger charge is -2.15. The standard InChI is InChI=1S/C16H14BrFN2O/c17-14-5-2-10(18)8-13(14)16(21)20-15-6-1-9-7-11(19)3-4-12(9)15/h2-5,7-8,15H,1,6,19H2,(H,20,21). The number of nitrogen functional groups attached to an aromatic ring is 1. The van der Waals surface area contributed by atoms with Gasteiger partial charge in [0.1, 0.15) is 5.82 Å². The first kappa shape index (κ1) is 14.1. The van der Waals surface area contributed by atoms with E-state index in [0.717, 1.165) is 24.1 Å². The zero-order chi connectivity index (χ0) is 15.0. The van der Waals surface area contributed by atoms with Crippen LogP contribution < -0.4 is 11.1 Å². The molecule has 2 aromatic carbocycles. The Morgan fingerprint density at radius 1 is 1.29 bits per heavy atom. The Morgan fingerprint density at radius 2 is 2.10 bits per heavy atom. The molecular weight excluding hydrogens is 335 g/mol. The number of hydrogen-bond donors (Lipinski definition) is 2. The molecule has 0 heterocycles. The average Bonchev–Trinajstić information content (AvgIpc) is 2.83. The van der Waals surface area contributed by atoms with Crippen LogP contribution in [0.2, 0.25) is 0 Å². The summed E-state index contributed by atoms with van der Waals surface area (Å²) in [4.78, 5) is 12.3. The Hall–Kier alpha value is -1.88. The van der Waals surface area contributed by atoms with E-state index >= 15 is 0 Å². The van der Waals surface area contributed by atoms with Crippen LogP contribution in [0, 0.1) is 5.82 Å². The molecule has 0 saturated carbocycles. The van der Waals surface area contributed by atoms with Gasteiger partial charge in [0.05, 0.1) is 11.6 Å². The van der Waals surface area contributed by atoms with E-state index in [9.17, 15) is 9.18 Å². The van der Waals surface area contributed by atoms with E-state index in [1.165, 1.54) is 23.8 Å². The number of anilines is 1. The molecule has 0 fully saturated rings. The Labute approximate surface area is 130 Å². The maximum atomic E-state index is 13.3. The zero-order valence-corrected chi connectivity index (χ0v) is 12.8. The molecule has 0 bridgehead atoms. The van der Waals surface area contributed by atoms with Crippen molar-refractivity contribution >= 4 is 27.5 Å². The number of carbonyl (C=O) groups excluding carboxylic acids is 1. The van der Waals surface area contributed by atoms with E-state index in [1.54, 1.807) is 0 Å². The maximum Gasteiger partial charge on any atom is 0.253 e. The van der Waals surface area contributed by atoms with Gasteiger partial charge in [-0.25, -0.2) is 4.39 Å². The summed E-state index contributed by atoms with van der Waals surface area (Å²) < 4.78 is 13.9. The van der Waals surface area contributed by atoms with Gasteiger partial charge in [0.25, 0.3) is 5.91 Å². The highest BCUT2D eigenvalue weighted by Gasteiger charge is 2.25. The molecule has 0 aliphatic heterocycles. The highest BCUT2D eigenvalue weighted by molar-refractivity contribution is 9.10. The average molecular weight is 349 g/mol. The molecule has 3 nitrogen and oxygen atoms in total. The summed E-state index contributed by atoms with van der Waals surface area (Å²) in [5, 5.41) is 2.96. The summed E-state index contributed by atoms with van der Waals surface area (Å²) in [7, 11) is 0. The third-order valence-electron chi connectivity index (χ3n) is 3.72. The number of benzene rings is 2. The molecule has 0 spiro atoms. The predicted octanol–water partition coefficient (Wildman–Crippen LogP) is 3.59. The van der Waals surface area contributed by atoms with Crippen LogP contribution in [-0.4, -0.2) is 5.91 Å². The summed E-state index contributed by atoms with van der Waals surface area (Å²) in [5.74, 6) is -0.709. The summed E-state index contributed by atoms with van der Waals surface area (Å²) in [6.07, 6.45) is 1.72. The van der Waals surface area contributed by atoms with Gasteiger partial charge in [-0.1, -0.05) is 6.07 Å². The molecule has 1 aliphatic rings. The van der Waals surface area contributed by atoms with Gasteiger partial charge in [-0.05, 0) is 70.2 Å². The normalized spacial score (nSPS) is 16.6. The van der Waals surface area contributed by atoms with Gasteiger partial charge in [-0.3, -0.25) is 4.79 Å². The highest BCUT2D eigenvalue weighted by Crippen LogP contribution is 2.32. The minimum absolute atomic E-state index is 0.0525. The summed E-state index contributed by atoms with van der Waals surface area (Å²) in [6, 6.07) is 9.76. The van der Waals surface area contributed by atoms with Crippen LogP contribution in [0.1, 0.15) is 33.9 Å². The predicted molar refractivity (Wildman–Crippen MR) is 83.5 cm³/mol. The topological polar surface area (TPSA) is 55.1 Å². The van der Waals surface area contributed by atoms with Crippen molar-refractivity contribution in [1.29, 1.82) is 0 Å². The number of fused-ring (bicyclic) bond motifs is 1. The molecular formula is C16H14BrFN2O. The van der Waals surface area contributed by atoms with Gasteiger partial charge in [0.15, 0.2) is 0 Å². The van der Waals surface area contributed by atoms with Gasteiger partial charge >= 0.3 is 0 Å². The molecule has 108 valence electrons. The number of carbonyl (C=O) groups is 1. The van der Waals surface area contributed by atoms with Gasteiger partial charge in [0, 0.05) is 10.2 Å². The van der Waals surface area contributed by atoms with Crippen molar-refractivity contribution in [2.45, 2.75) is 18.9 Å². The van der Waals surface area contributed by atoms with Crippen LogP contribution in [0.5, 0.6) is 0 Å². The van der Waals surface area contributed by atoms with E-state index in [0.29, 0.717) is 10.0 Å². The summed E-state index contributed by atoms with van der Waals surface area (Å²) in [6.45, 7) is 0. The molecule has 1 atom stereocenters. The fourth-order valence-electron chi connectivity index (χ4n) is 2.69. The third kappa shape index (κ3) is 2.78. The first-order valence-corrected chi connectivity index (χ1v) is 7.48. The van der Waals surface area contributed by atoms with Crippen LogP contribution in [0.25, 0.3) is 0 Å².